The predicted molar refractivity (Wildman–Crippen MR) is 76.9 cm³/mol. The quantitative estimate of drug-likeness (QED) is 0.899. The maximum absolute atomic E-state index is 5.83. The second-order valence-electron chi connectivity index (χ2n) is 5.33. The van der Waals surface area contributed by atoms with Gasteiger partial charge in [0.15, 0.2) is 0 Å². The highest BCUT2D eigenvalue weighted by atomic mass is 35.5. The summed E-state index contributed by atoms with van der Waals surface area (Å²) in [6.45, 7) is 6.67. The van der Waals surface area contributed by atoms with E-state index < -0.39 is 0 Å². The van der Waals surface area contributed by atoms with Crippen LogP contribution in [-0.4, -0.2) is 40.9 Å². The minimum Gasteiger partial charge on any atom is -0.330 e. The molecule has 1 fully saturated rings. The molecule has 4 nitrogen and oxygen atoms in total. The molecule has 1 aliphatic rings. The molecule has 0 bridgehead atoms. The lowest BCUT2D eigenvalue weighted by Crippen LogP contribution is -2.43. The van der Waals surface area contributed by atoms with Crippen molar-refractivity contribution in [2.24, 2.45) is 24.6 Å². The summed E-state index contributed by atoms with van der Waals surface area (Å²) in [7, 11) is 1.97. The Morgan fingerprint density at radius 3 is 2.89 bits per heavy atom. The topological polar surface area (TPSA) is 47.1 Å². The number of nitrogens with zero attached hydrogens (tertiary/aromatic N) is 3. The third-order valence-corrected chi connectivity index (χ3v) is 3.98. The maximum atomic E-state index is 5.83. The molecule has 2 atom stereocenters. The summed E-state index contributed by atoms with van der Waals surface area (Å²) >= 11 is 0. The van der Waals surface area contributed by atoms with Crippen LogP contribution in [-0.2, 0) is 13.5 Å². The van der Waals surface area contributed by atoms with E-state index in [1.807, 2.05) is 17.9 Å². The molecule has 2 N–H and O–H groups in total. The van der Waals surface area contributed by atoms with Gasteiger partial charge in [-0.05, 0) is 43.3 Å². The molecular formula is C13H25ClN4. The zero-order valence-corrected chi connectivity index (χ0v) is 12.2. The molecule has 1 aromatic rings. The van der Waals surface area contributed by atoms with Gasteiger partial charge in [-0.1, -0.05) is 6.92 Å². The standard InChI is InChI=1S/C13H24N4.ClH/c1-11-3-5-17(10-13(11)7-14)6-4-12-8-15-16(2)9-12;/h8-9,11,13H,3-7,10,14H2,1-2H3;1H. The highest BCUT2D eigenvalue weighted by Gasteiger charge is 2.24. The molecule has 104 valence electrons. The maximum Gasteiger partial charge on any atom is 0.0522 e. The number of aryl methyl sites for hydroxylation is 1. The van der Waals surface area contributed by atoms with Crippen LogP contribution in [0.1, 0.15) is 18.9 Å². The molecule has 0 spiro atoms. The first-order valence-electron chi connectivity index (χ1n) is 6.59. The van der Waals surface area contributed by atoms with Crippen molar-refractivity contribution in [2.75, 3.05) is 26.2 Å². The second-order valence-corrected chi connectivity index (χ2v) is 5.33. The Labute approximate surface area is 116 Å². The number of hydrogen-bond donors (Lipinski definition) is 1. The van der Waals surface area contributed by atoms with Crippen LogP contribution in [0.5, 0.6) is 0 Å². The summed E-state index contributed by atoms with van der Waals surface area (Å²) in [5.41, 5.74) is 7.16. The highest BCUT2D eigenvalue weighted by molar-refractivity contribution is 5.85. The molecular weight excluding hydrogens is 248 g/mol. The molecule has 1 aliphatic heterocycles. The van der Waals surface area contributed by atoms with Crippen LogP contribution in [0.4, 0.5) is 0 Å². The highest BCUT2D eigenvalue weighted by Crippen LogP contribution is 2.22. The molecule has 1 aromatic heterocycles. The molecule has 0 amide bonds. The first-order chi connectivity index (χ1) is 8.19. The Morgan fingerprint density at radius 1 is 1.50 bits per heavy atom. The molecule has 0 radical (unpaired) electrons. The van der Waals surface area contributed by atoms with Crippen molar-refractivity contribution in [1.82, 2.24) is 14.7 Å². The summed E-state index contributed by atoms with van der Waals surface area (Å²) in [4.78, 5) is 2.55. The van der Waals surface area contributed by atoms with Crippen LogP contribution < -0.4 is 5.73 Å². The Balaban J connectivity index is 0.00000162. The zero-order valence-electron chi connectivity index (χ0n) is 11.4. The largest absolute Gasteiger partial charge is 0.330 e. The van der Waals surface area contributed by atoms with E-state index in [1.54, 1.807) is 0 Å². The Morgan fingerprint density at radius 2 is 2.28 bits per heavy atom. The average Bonchev–Trinajstić information content (AvgIpc) is 2.74. The van der Waals surface area contributed by atoms with E-state index in [9.17, 15) is 0 Å². The number of nitrogens with two attached hydrogens (primary N) is 1. The summed E-state index contributed by atoms with van der Waals surface area (Å²) in [6.07, 6.45) is 6.45. The van der Waals surface area contributed by atoms with Gasteiger partial charge in [-0.25, -0.2) is 0 Å². The van der Waals surface area contributed by atoms with Crippen LogP contribution >= 0.6 is 12.4 Å². The van der Waals surface area contributed by atoms with Gasteiger partial charge in [-0.2, -0.15) is 5.10 Å². The van der Waals surface area contributed by atoms with Crippen molar-refractivity contribution in [1.29, 1.82) is 0 Å². The fraction of sp³-hybridized carbons (Fsp3) is 0.769. The van der Waals surface area contributed by atoms with Crippen LogP contribution in [0.2, 0.25) is 0 Å². The lowest BCUT2D eigenvalue weighted by Gasteiger charge is -2.36. The van der Waals surface area contributed by atoms with Gasteiger partial charge in [0, 0.05) is 26.3 Å². The molecule has 1 saturated heterocycles. The first-order valence-corrected chi connectivity index (χ1v) is 6.59. The van der Waals surface area contributed by atoms with E-state index >= 15 is 0 Å². The number of aromatic nitrogens is 2. The van der Waals surface area contributed by atoms with Crippen molar-refractivity contribution < 1.29 is 0 Å². The molecule has 0 aromatic carbocycles. The number of likely N-dealkylation sites (tertiary alicyclic amines) is 1. The monoisotopic (exact) mass is 272 g/mol. The van der Waals surface area contributed by atoms with Crippen LogP contribution in [0.15, 0.2) is 12.4 Å². The SMILES string of the molecule is CC1CCN(CCc2cnn(C)c2)CC1CN.Cl. The van der Waals surface area contributed by atoms with Crippen molar-refractivity contribution in [2.45, 2.75) is 19.8 Å². The Bertz CT molecular complexity index is 353. The summed E-state index contributed by atoms with van der Waals surface area (Å²) in [5, 5.41) is 4.20. The fourth-order valence-corrected chi connectivity index (χ4v) is 2.62. The van der Waals surface area contributed by atoms with Gasteiger partial charge >= 0.3 is 0 Å². The third-order valence-electron chi connectivity index (χ3n) is 3.98. The van der Waals surface area contributed by atoms with E-state index in [2.05, 4.69) is 23.1 Å². The first kappa shape index (κ1) is 15.5. The molecule has 2 unspecified atom stereocenters. The van der Waals surface area contributed by atoms with E-state index in [0.29, 0.717) is 5.92 Å². The molecule has 2 heterocycles. The lowest BCUT2D eigenvalue weighted by atomic mass is 9.87. The van der Waals surface area contributed by atoms with E-state index in [-0.39, 0.29) is 12.4 Å². The number of rotatable bonds is 4. The van der Waals surface area contributed by atoms with E-state index in [4.69, 9.17) is 5.73 Å². The molecule has 0 aliphatic carbocycles. The van der Waals surface area contributed by atoms with Gasteiger partial charge in [0.2, 0.25) is 0 Å². The van der Waals surface area contributed by atoms with Crippen LogP contribution in [0.3, 0.4) is 0 Å². The lowest BCUT2D eigenvalue weighted by molar-refractivity contribution is 0.133. The summed E-state index contributed by atoms with van der Waals surface area (Å²) < 4.78 is 1.87. The van der Waals surface area contributed by atoms with Crippen molar-refractivity contribution in [3.05, 3.63) is 18.0 Å². The minimum atomic E-state index is 0. The minimum absolute atomic E-state index is 0. The molecule has 0 saturated carbocycles. The number of piperidine rings is 1. The average molecular weight is 273 g/mol. The smallest absolute Gasteiger partial charge is 0.0522 e. The van der Waals surface area contributed by atoms with E-state index in [0.717, 1.165) is 32.0 Å². The second kappa shape index (κ2) is 7.12. The van der Waals surface area contributed by atoms with Gasteiger partial charge in [-0.15, -0.1) is 12.4 Å². The van der Waals surface area contributed by atoms with E-state index in [1.165, 1.54) is 18.5 Å². The number of hydrogen-bond acceptors (Lipinski definition) is 3. The van der Waals surface area contributed by atoms with Gasteiger partial charge in [0.05, 0.1) is 6.20 Å². The Hall–Kier alpha value is -0.580. The zero-order chi connectivity index (χ0) is 12.3. The number of halogens is 1. The van der Waals surface area contributed by atoms with Crippen molar-refractivity contribution in [3.63, 3.8) is 0 Å². The van der Waals surface area contributed by atoms with Gasteiger partial charge in [0.25, 0.3) is 0 Å². The Kier molecular flexibility index (Phi) is 6.12. The van der Waals surface area contributed by atoms with Crippen molar-refractivity contribution in [3.8, 4) is 0 Å². The normalized spacial score (nSPS) is 24.8. The van der Waals surface area contributed by atoms with Crippen LogP contribution in [0.25, 0.3) is 0 Å². The van der Waals surface area contributed by atoms with Gasteiger partial charge in [0.1, 0.15) is 0 Å². The predicted octanol–water partition coefficient (Wildman–Crippen LogP) is 1.30. The fourth-order valence-electron chi connectivity index (χ4n) is 2.62. The summed E-state index contributed by atoms with van der Waals surface area (Å²) in [6, 6.07) is 0. The third kappa shape index (κ3) is 3.97. The molecule has 5 heteroatoms. The van der Waals surface area contributed by atoms with Gasteiger partial charge in [-0.3, -0.25) is 4.68 Å². The summed E-state index contributed by atoms with van der Waals surface area (Å²) in [5.74, 6) is 1.47. The van der Waals surface area contributed by atoms with Gasteiger partial charge < -0.3 is 10.6 Å². The van der Waals surface area contributed by atoms with Crippen LogP contribution in [0, 0.1) is 11.8 Å². The molecule has 18 heavy (non-hydrogen) atoms. The van der Waals surface area contributed by atoms with Crippen molar-refractivity contribution >= 4 is 12.4 Å². The molecule has 2 rings (SSSR count).